The Kier molecular flexibility index (Phi) is 10.7. The number of amidine groups is 1. The maximum atomic E-state index is 10.3. The average molecular weight is 477 g/mol. The predicted molar refractivity (Wildman–Crippen MR) is 149 cm³/mol. The van der Waals surface area contributed by atoms with Crippen LogP contribution in [0.1, 0.15) is 79.1 Å². The number of aromatic hydroxyl groups is 1. The number of hydrogen-bond acceptors (Lipinski definition) is 3. The fourth-order valence-corrected chi connectivity index (χ4v) is 4.00. The number of aromatic nitrogens is 2. The lowest BCUT2D eigenvalue weighted by molar-refractivity contribution is 0.474. The lowest BCUT2D eigenvalue weighted by Gasteiger charge is -2.23. The molecule has 0 aliphatic heterocycles. The van der Waals surface area contributed by atoms with Crippen LogP contribution in [0.5, 0.6) is 5.75 Å². The van der Waals surface area contributed by atoms with E-state index in [2.05, 4.69) is 57.7 Å². The first-order valence-electron chi connectivity index (χ1n) is 12.9. The molecule has 0 radical (unpaired) electrons. The van der Waals surface area contributed by atoms with Crippen LogP contribution in [0.4, 0.5) is 0 Å². The van der Waals surface area contributed by atoms with E-state index in [1.807, 2.05) is 44.4 Å². The van der Waals surface area contributed by atoms with Gasteiger partial charge in [-0.25, -0.2) is 15.0 Å². The van der Waals surface area contributed by atoms with Crippen LogP contribution in [-0.2, 0) is 6.54 Å². The van der Waals surface area contributed by atoms with Crippen molar-refractivity contribution in [3.05, 3.63) is 71.5 Å². The van der Waals surface area contributed by atoms with Gasteiger partial charge < -0.3 is 9.67 Å². The molecule has 0 spiro atoms. The number of allylic oxidation sites excluding steroid dienone is 3. The molecule has 0 bridgehead atoms. The second kappa shape index (κ2) is 13.2. The van der Waals surface area contributed by atoms with Crippen LogP contribution in [0, 0.1) is 24.7 Å². The van der Waals surface area contributed by atoms with Crippen molar-refractivity contribution in [3.63, 3.8) is 0 Å². The Morgan fingerprint density at radius 3 is 2.29 bits per heavy atom. The fourth-order valence-electron chi connectivity index (χ4n) is 4.00. The lowest BCUT2D eigenvalue weighted by Crippen LogP contribution is -2.14. The highest BCUT2D eigenvalue weighted by atomic mass is 16.3. The SMILES string of the molecule is C=C(C(C)CC)C(C)/C(C)=C(/CCn1ccnc1C)N=C(N=C(C)c1ccccc1O)C(C)CC. The van der Waals surface area contributed by atoms with Gasteiger partial charge in [0.2, 0.25) is 0 Å². The summed E-state index contributed by atoms with van der Waals surface area (Å²) < 4.78 is 2.16. The highest BCUT2D eigenvalue weighted by Crippen LogP contribution is 2.30. The number of aliphatic imine (C=N–C) groups is 2. The van der Waals surface area contributed by atoms with Gasteiger partial charge in [0, 0.05) is 42.5 Å². The highest BCUT2D eigenvalue weighted by Gasteiger charge is 2.19. The third-order valence-electron chi connectivity index (χ3n) is 7.30. The van der Waals surface area contributed by atoms with Crippen LogP contribution in [0.25, 0.3) is 0 Å². The molecule has 5 nitrogen and oxygen atoms in total. The molecule has 0 fully saturated rings. The number of phenols is 1. The van der Waals surface area contributed by atoms with Crippen LogP contribution in [-0.4, -0.2) is 26.2 Å². The van der Waals surface area contributed by atoms with Crippen molar-refractivity contribution >= 4 is 11.5 Å². The summed E-state index contributed by atoms with van der Waals surface area (Å²) in [7, 11) is 0. The van der Waals surface area contributed by atoms with E-state index in [-0.39, 0.29) is 17.6 Å². The first kappa shape index (κ1) is 28.3. The average Bonchev–Trinajstić information content (AvgIpc) is 3.27. The minimum absolute atomic E-state index is 0.182. The van der Waals surface area contributed by atoms with Gasteiger partial charge in [0.15, 0.2) is 0 Å². The number of hydrogen-bond donors (Lipinski definition) is 1. The van der Waals surface area contributed by atoms with Crippen molar-refractivity contribution in [1.29, 1.82) is 0 Å². The molecule has 0 amide bonds. The number of nitrogens with zero attached hydrogens (tertiary/aromatic N) is 4. The topological polar surface area (TPSA) is 62.8 Å². The molecule has 0 aliphatic rings. The van der Waals surface area contributed by atoms with Gasteiger partial charge in [-0.05, 0) is 63.2 Å². The normalized spacial score (nSPS) is 16.0. The molecule has 1 heterocycles. The number of benzene rings is 1. The minimum atomic E-state index is 0.182. The molecule has 35 heavy (non-hydrogen) atoms. The molecule has 3 atom stereocenters. The summed E-state index contributed by atoms with van der Waals surface area (Å²) in [6.45, 7) is 22.4. The van der Waals surface area contributed by atoms with Gasteiger partial charge in [0.25, 0.3) is 0 Å². The van der Waals surface area contributed by atoms with Crippen LogP contribution >= 0.6 is 0 Å². The predicted octanol–water partition coefficient (Wildman–Crippen LogP) is 7.75. The van der Waals surface area contributed by atoms with E-state index in [0.717, 1.165) is 54.4 Å². The zero-order valence-electron chi connectivity index (χ0n) is 23.0. The first-order chi connectivity index (χ1) is 16.6. The minimum Gasteiger partial charge on any atom is -0.507 e. The molecule has 5 heteroatoms. The Labute approximate surface area is 212 Å². The third kappa shape index (κ3) is 7.51. The van der Waals surface area contributed by atoms with Gasteiger partial charge >= 0.3 is 0 Å². The van der Waals surface area contributed by atoms with Gasteiger partial charge in [-0.1, -0.05) is 58.9 Å². The van der Waals surface area contributed by atoms with Crippen LogP contribution in [0.3, 0.4) is 0 Å². The van der Waals surface area contributed by atoms with E-state index in [9.17, 15) is 5.11 Å². The van der Waals surface area contributed by atoms with Gasteiger partial charge in [-0.2, -0.15) is 0 Å². The molecular formula is C30H44N4O. The van der Waals surface area contributed by atoms with Crippen molar-refractivity contribution in [2.45, 2.75) is 81.2 Å². The molecule has 0 saturated carbocycles. The van der Waals surface area contributed by atoms with Crippen molar-refractivity contribution < 1.29 is 5.11 Å². The Morgan fingerprint density at radius 2 is 1.71 bits per heavy atom. The Morgan fingerprint density at radius 1 is 1.06 bits per heavy atom. The summed E-state index contributed by atoms with van der Waals surface area (Å²) >= 11 is 0. The zero-order chi connectivity index (χ0) is 26.1. The number of imidazole rings is 1. The van der Waals surface area contributed by atoms with E-state index >= 15 is 0 Å². The molecule has 0 aliphatic carbocycles. The maximum absolute atomic E-state index is 10.3. The monoisotopic (exact) mass is 476 g/mol. The zero-order valence-corrected chi connectivity index (χ0v) is 23.0. The van der Waals surface area contributed by atoms with Crippen molar-refractivity contribution in [3.8, 4) is 5.75 Å². The Hall–Kier alpha value is -2.95. The lowest BCUT2D eigenvalue weighted by atomic mass is 9.84. The summed E-state index contributed by atoms with van der Waals surface area (Å²) in [5, 5.41) is 10.3. The maximum Gasteiger partial charge on any atom is 0.131 e. The molecule has 1 aromatic carbocycles. The van der Waals surface area contributed by atoms with E-state index < -0.39 is 0 Å². The quantitative estimate of drug-likeness (QED) is 0.205. The summed E-state index contributed by atoms with van der Waals surface area (Å²) in [6.07, 6.45) is 6.65. The molecular weight excluding hydrogens is 432 g/mol. The summed E-state index contributed by atoms with van der Waals surface area (Å²) in [5.74, 6) is 2.90. The summed E-state index contributed by atoms with van der Waals surface area (Å²) in [5.41, 5.74) is 5.04. The highest BCUT2D eigenvalue weighted by molar-refractivity contribution is 6.08. The van der Waals surface area contributed by atoms with Crippen molar-refractivity contribution in [2.75, 3.05) is 0 Å². The smallest absolute Gasteiger partial charge is 0.131 e. The van der Waals surface area contributed by atoms with Gasteiger partial charge in [0.05, 0.1) is 5.71 Å². The van der Waals surface area contributed by atoms with Crippen LogP contribution in [0.2, 0.25) is 0 Å². The van der Waals surface area contributed by atoms with Crippen molar-refractivity contribution in [2.24, 2.45) is 27.7 Å². The van der Waals surface area contributed by atoms with Crippen LogP contribution in [0.15, 0.2) is 70.1 Å². The standard InChI is InChI=1S/C30H44N4O/c1-10-20(3)22(5)23(6)24(7)28(16-18-34-19-17-31-26(34)9)33-30(21(4)11-2)32-25(8)27-14-12-13-15-29(27)35/h12-15,17,19-21,23,35H,5,10-11,16,18H2,1-4,6-9H3/b28-24-,32-25?,33-30?. The number of phenolic OH excluding ortho intramolecular Hbond substituents is 1. The van der Waals surface area contributed by atoms with Gasteiger partial charge in [-0.3, -0.25) is 0 Å². The second-order valence-electron chi connectivity index (χ2n) is 9.65. The summed E-state index contributed by atoms with van der Waals surface area (Å²) in [4.78, 5) is 14.5. The van der Waals surface area contributed by atoms with E-state index in [4.69, 9.17) is 9.98 Å². The number of rotatable bonds is 11. The van der Waals surface area contributed by atoms with E-state index in [0.29, 0.717) is 5.92 Å². The number of aryl methyl sites for hydroxylation is 2. The van der Waals surface area contributed by atoms with Crippen molar-refractivity contribution in [1.82, 2.24) is 9.55 Å². The molecule has 1 N–H and O–H groups in total. The Balaban J connectivity index is 2.57. The van der Waals surface area contributed by atoms with Gasteiger partial charge in [-0.15, -0.1) is 0 Å². The largest absolute Gasteiger partial charge is 0.507 e. The Bertz CT molecular complexity index is 1090. The third-order valence-corrected chi connectivity index (χ3v) is 7.30. The van der Waals surface area contributed by atoms with Crippen LogP contribution < -0.4 is 0 Å². The summed E-state index contributed by atoms with van der Waals surface area (Å²) in [6, 6.07) is 7.33. The second-order valence-corrected chi connectivity index (χ2v) is 9.65. The molecule has 2 aromatic rings. The fraction of sp³-hybridized carbons (Fsp3) is 0.500. The van der Waals surface area contributed by atoms with E-state index in [1.54, 1.807) is 6.07 Å². The van der Waals surface area contributed by atoms with Gasteiger partial charge in [0.1, 0.15) is 17.4 Å². The molecule has 2 rings (SSSR count). The molecule has 1 aromatic heterocycles. The molecule has 190 valence electrons. The molecule has 3 unspecified atom stereocenters. The van der Waals surface area contributed by atoms with E-state index in [1.165, 1.54) is 11.1 Å². The number of para-hydroxylation sites is 1. The first-order valence-corrected chi connectivity index (χ1v) is 12.9. The molecule has 0 saturated heterocycles.